The number of aryl methyl sites for hydroxylation is 1. The molecule has 7 heteroatoms. The van der Waals surface area contributed by atoms with Crippen molar-refractivity contribution < 1.29 is 9.53 Å². The fraction of sp³-hybridized carbons (Fsp3) is 0.174. The molecule has 0 saturated carbocycles. The van der Waals surface area contributed by atoms with Crippen molar-refractivity contribution in [1.82, 2.24) is 15.7 Å². The molecule has 0 saturated heterocycles. The number of aromatic nitrogens is 1. The van der Waals surface area contributed by atoms with Crippen LogP contribution in [0.1, 0.15) is 11.1 Å². The second-order valence-corrected chi connectivity index (χ2v) is 7.00. The highest BCUT2D eigenvalue weighted by molar-refractivity contribution is 5.91. The molecule has 7 nitrogen and oxygen atoms in total. The number of rotatable bonds is 6. The predicted molar refractivity (Wildman–Crippen MR) is 117 cm³/mol. The molecular weight excluding hydrogens is 378 g/mol. The van der Waals surface area contributed by atoms with Crippen LogP contribution in [0, 0.1) is 6.92 Å². The van der Waals surface area contributed by atoms with Gasteiger partial charge in [0, 0.05) is 18.2 Å². The van der Waals surface area contributed by atoms with Crippen LogP contribution in [0.4, 0.5) is 5.82 Å². The summed E-state index contributed by atoms with van der Waals surface area (Å²) in [6.07, 6.45) is 2.78. The smallest absolute Gasteiger partial charge is 0.219 e. The molecule has 4 rings (SSSR count). The van der Waals surface area contributed by atoms with Crippen molar-refractivity contribution in [2.75, 3.05) is 12.1 Å². The average molecular weight is 401 g/mol. The number of ether oxygens (including phenoxy) is 1. The molecule has 3 aromatic rings. The monoisotopic (exact) mass is 401 g/mol. The Labute approximate surface area is 175 Å². The van der Waals surface area contributed by atoms with Gasteiger partial charge in [0.05, 0.1) is 7.11 Å². The van der Waals surface area contributed by atoms with Crippen molar-refractivity contribution in [3.63, 3.8) is 0 Å². The van der Waals surface area contributed by atoms with Crippen LogP contribution >= 0.6 is 0 Å². The number of amides is 1. The lowest BCUT2D eigenvalue weighted by atomic mass is 10.0. The van der Waals surface area contributed by atoms with E-state index in [0.29, 0.717) is 24.6 Å². The van der Waals surface area contributed by atoms with Gasteiger partial charge in [0.15, 0.2) is 0 Å². The van der Waals surface area contributed by atoms with Crippen LogP contribution in [0.25, 0.3) is 11.1 Å². The van der Waals surface area contributed by atoms with Crippen LogP contribution < -0.4 is 20.5 Å². The van der Waals surface area contributed by atoms with Crippen LogP contribution in [0.15, 0.2) is 71.9 Å². The molecule has 152 valence electrons. The fourth-order valence-corrected chi connectivity index (χ4v) is 3.49. The number of carbonyl (C=O) groups is 1. The van der Waals surface area contributed by atoms with E-state index in [2.05, 4.69) is 38.9 Å². The van der Waals surface area contributed by atoms with Gasteiger partial charge in [-0.25, -0.2) is 15.0 Å². The van der Waals surface area contributed by atoms with Gasteiger partial charge in [-0.15, -0.1) is 0 Å². The molecule has 30 heavy (non-hydrogen) atoms. The van der Waals surface area contributed by atoms with E-state index in [1.807, 2.05) is 54.4 Å². The van der Waals surface area contributed by atoms with Crippen molar-refractivity contribution in [3.05, 3.63) is 78.0 Å². The standard InChI is InChI=1S/C23H23N5O2/c1-16-8-9-20(30-2)19(12-16)18-10-11-24-21(14-18)28-22(26-23(27-28)25-15-29)13-17-6-4-3-5-7-17/h3-12,14-15,22H,13H2,1-2H3,(H2,25,26,27,29). The summed E-state index contributed by atoms with van der Waals surface area (Å²) in [6.45, 7) is 2.05. The zero-order valence-corrected chi connectivity index (χ0v) is 16.9. The minimum Gasteiger partial charge on any atom is -0.496 e. The normalized spacial score (nSPS) is 15.3. The van der Waals surface area contributed by atoms with Crippen molar-refractivity contribution in [2.45, 2.75) is 19.5 Å². The lowest BCUT2D eigenvalue weighted by Gasteiger charge is -2.24. The molecule has 0 aliphatic carbocycles. The number of nitrogens with zero attached hydrogens (tertiary/aromatic N) is 3. The van der Waals surface area contributed by atoms with E-state index in [-0.39, 0.29) is 6.17 Å². The molecule has 0 radical (unpaired) electrons. The lowest BCUT2D eigenvalue weighted by molar-refractivity contribution is -0.108. The van der Waals surface area contributed by atoms with Gasteiger partial charge in [-0.1, -0.05) is 42.0 Å². The first kappa shape index (κ1) is 19.4. The summed E-state index contributed by atoms with van der Waals surface area (Å²) in [5.41, 5.74) is 7.41. The minimum atomic E-state index is -0.253. The second kappa shape index (κ2) is 8.65. The van der Waals surface area contributed by atoms with E-state index in [1.165, 1.54) is 0 Å². The van der Waals surface area contributed by atoms with E-state index in [0.717, 1.165) is 28.0 Å². The maximum Gasteiger partial charge on any atom is 0.219 e. The zero-order chi connectivity index (χ0) is 20.9. The Bertz CT molecular complexity index is 1070. The Morgan fingerprint density at radius 3 is 2.77 bits per heavy atom. The van der Waals surface area contributed by atoms with Gasteiger partial charge in [0.1, 0.15) is 17.7 Å². The van der Waals surface area contributed by atoms with Crippen LogP contribution in [-0.2, 0) is 11.2 Å². The van der Waals surface area contributed by atoms with Crippen molar-refractivity contribution >= 4 is 18.2 Å². The summed E-state index contributed by atoms with van der Waals surface area (Å²) in [5.74, 6) is 1.89. The average Bonchev–Trinajstić information content (AvgIpc) is 3.17. The number of benzene rings is 2. The third-order valence-electron chi connectivity index (χ3n) is 4.92. The summed E-state index contributed by atoms with van der Waals surface area (Å²) in [4.78, 5) is 20.1. The number of pyridine rings is 1. The number of hydrazine groups is 1. The number of anilines is 1. The third-order valence-corrected chi connectivity index (χ3v) is 4.92. The molecule has 1 amide bonds. The Balaban J connectivity index is 1.67. The largest absolute Gasteiger partial charge is 0.496 e. The van der Waals surface area contributed by atoms with Crippen LogP contribution in [-0.4, -0.2) is 30.6 Å². The quantitative estimate of drug-likeness (QED) is 0.621. The van der Waals surface area contributed by atoms with Crippen molar-refractivity contribution in [3.8, 4) is 16.9 Å². The second-order valence-electron chi connectivity index (χ2n) is 7.00. The van der Waals surface area contributed by atoms with Crippen molar-refractivity contribution in [2.24, 2.45) is 4.99 Å². The number of carbonyl (C=O) groups excluding carboxylic acids is 1. The van der Waals surface area contributed by atoms with Gasteiger partial charge in [-0.3, -0.25) is 15.5 Å². The predicted octanol–water partition coefficient (Wildman–Crippen LogP) is 3.06. The first-order valence-electron chi connectivity index (χ1n) is 9.67. The summed E-state index contributed by atoms with van der Waals surface area (Å²) in [7, 11) is 1.67. The molecule has 1 aliphatic heterocycles. The van der Waals surface area contributed by atoms with Gasteiger partial charge >= 0.3 is 0 Å². The van der Waals surface area contributed by atoms with Crippen LogP contribution in [0.2, 0.25) is 0 Å². The third kappa shape index (κ3) is 4.10. The molecule has 0 bridgehead atoms. The Hall–Kier alpha value is -3.87. The Morgan fingerprint density at radius 2 is 2.00 bits per heavy atom. The highest BCUT2D eigenvalue weighted by atomic mass is 16.5. The molecule has 1 atom stereocenters. The van der Waals surface area contributed by atoms with E-state index in [4.69, 9.17) is 4.74 Å². The van der Waals surface area contributed by atoms with Gasteiger partial charge in [-0.2, -0.15) is 0 Å². The number of aliphatic imine (C=N–C) groups is 1. The first-order chi connectivity index (χ1) is 14.7. The van der Waals surface area contributed by atoms with Gasteiger partial charge in [0.2, 0.25) is 12.4 Å². The van der Waals surface area contributed by atoms with E-state index < -0.39 is 0 Å². The molecular formula is C23H23N5O2. The van der Waals surface area contributed by atoms with E-state index in [9.17, 15) is 4.79 Å². The lowest BCUT2D eigenvalue weighted by Crippen LogP contribution is -2.46. The van der Waals surface area contributed by atoms with E-state index >= 15 is 0 Å². The molecule has 0 spiro atoms. The molecule has 2 N–H and O–H groups in total. The Kier molecular flexibility index (Phi) is 5.61. The first-order valence-corrected chi connectivity index (χ1v) is 9.67. The number of hydrogen-bond donors (Lipinski definition) is 2. The molecule has 1 aromatic heterocycles. The highest BCUT2D eigenvalue weighted by Crippen LogP contribution is 2.33. The van der Waals surface area contributed by atoms with Gasteiger partial charge in [0.25, 0.3) is 0 Å². The highest BCUT2D eigenvalue weighted by Gasteiger charge is 2.28. The molecule has 2 heterocycles. The van der Waals surface area contributed by atoms with Crippen LogP contribution in [0.3, 0.4) is 0 Å². The SMILES string of the molecule is COc1ccc(C)cc1-c1ccnc(N2NC(NC=O)=NC2Cc2ccccc2)c1. The minimum absolute atomic E-state index is 0.253. The summed E-state index contributed by atoms with van der Waals surface area (Å²) in [6, 6.07) is 20.1. The fourth-order valence-electron chi connectivity index (χ4n) is 3.49. The number of nitrogens with one attached hydrogen (secondary N) is 2. The maximum absolute atomic E-state index is 10.9. The van der Waals surface area contributed by atoms with Crippen LogP contribution in [0.5, 0.6) is 5.75 Å². The zero-order valence-electron chi connectivity index (χ0n) is 16.9. The van der Waals surface area contributed by atoms with Gasteiger partial charge in [-0.05, 0) is 42.3 Å². The van der Waals surface area contributed by atoms with Gasteiger partial charge < -0.3 is 4.74 Å². The number of methoxy groups -OCH3 is 1. The molecule has 1 unspecified atom stereocenters. The number of guanidine groups is 1. The summed E-state index contributed by atoms with van der Waals surface area (Å²) >= 11 is 0. The van der Waals surface area contributed by atoms with Crippen molar-refractivity contribution in [1.29, 1.82) is 0 Å². The molecule has 1 aliphatic rings. The number of hydrogen-bond acceptors (Lipinski definition) is 6. The topological polar surface area (TPSA) is 78.9 Å². The summed E-state index contributed by atoms with van der Waals surface area (Å²) in [5, 5.41) is 4.47. The summed E-state index contributed by atoms with van der Waals surface area (Å²) < 4.78 is 5.55. The van der Waals surface area contributed by atoms with E-state index in [1.54, 1.807) is 13.3 Å². The molecule has 2 aromatic carbocycles. The molecule has 0 fully saturated rings. The maximum atomic E-state index is 10.9. The Morgan fingerprint density at radius 1 is 1.17 bits per heavy atom.